The van der Waals surface area contributed by atoms with Crippen LogP contribution in [0.3, 0.4) is 0 Å². The molecule has 3 aromatic carbocycles. The zero-order valence-electron chi connectivity index (χ0n) is 18.8. The van der Waals surface area contributed by atoms with Gasteiger partial charge in [0.05, 0.1) is 0 Å². The first-order chi connectivity index (χ1) is 15.4. The molecule has 0 saturated heterocycles. The fourth-order valence-electron chi connectivity index (χ4n) is 3.86. The average molecular weight is 446 g/mol. The molecule has 0 radical (unpaired) electrons. The summed E-state index contributed by atoms with van der Waals surface area (Å²) in [6.07, 6.45) is 0. The Hall–Kier alpha value is -3.11. The predicted molar refractivity (Wildman–Crippen MR) is 131 cm³/mol. The molecule has 1 aromatic heterocycles. The van der Waals surface area contributed by atoms with Gasteiger partial charge in [-0.1, -0.05) is 93.0 Å². The molecule has 1 atom stereocenters. The highest BCUT2D eigenvalue weighted by molar-refractivity contribution is 6.30. The first-order valence-corrected chi connectivity index (χ1v) is 11.4. The minimum Gasteiger partial charge on any atom is -0.370 e. The van der Waals surface area contributed by atoms with E-state index in [-0.39, 0.29) is 6.04 Å². The second kappa shape index (κ2) is 9.58. The van der Waals surface area contributed by atoms with E-state index in [1.54, 1.807) is 0 Å². The van der Waals surface area contributed by atoms with Crippen LogP contribution in [0.4, 0.5) is 5.69 Å². The quantitative estimate of drug-likeness (QED) is 0.314. The van der Waals surface area contributed by atoms with Gasteiger partial charge in [0.1, 0.15) is 6.04 Å². The summed E-state index contributed by atoms with van der Waals surface area (Å²) < 4.78 is 5.78. The molecule has 0 fully saturated rings. The number of benzene rings is 3. The van der Waals surface area contributed by atoms with Crippen molar-refractivity contribution >= 4 is 17.3 Å². The molecule has 0 amide bonds. The first-order valence-electron chi connectivity index (χ1n) is 11.0. The Balaban J connectivity index is 1.79. The number of hydrogen-bond acceptors (Lipinski definition) is 4. The number of halogens is 1. The Labute approximate surface area is 194 Å². The largest absolute Gasteiger partial charge is 0.370 e. The maximum atomic E-state index is 6.03. The van der Waals surface area contributed by atoms with Crippen molar-refractivity contribution in [3.63, 3.8) is 0 Å². The van der Waals surface area contributed by atoms with Crippen LogP contribution in [-0.2, 0) is 0 Å². The van der Waals surface area contributed by atoms with Crippen molar-refractivity contribution in [2.24, 2.45) is 0 Å². The van der Waals surface area contributed by atoms with Crippen molar-refractivity contribution < 1.29 is 4.52 Å². The summed E-state index contributed by atoms with van der Waals surface area (Å²) in [7, 11) is 0. The van der Waals surface area contributed by atoms with Gasteiger partial charge >= 0.3 is 0 Å². The van der Waals surface area contributed by atoms with Crippen molar-refractivity contribution in [1.29, 1.82) is 0 Å². The Kier molecular flexibility index (Phi) is 6.61. The van der Waals surface area contributed by atoms with Crippen LogP contribution in [0.15, 0.2) is 77.3 Å². The molecule has 0 saturated carbocycles. The number of hydrogen-bond donors (Lipinski definition) is 1. The van der Waals surface area contributed by atoms with Crippen molar-refractivity contribution in [1.82, 2.24) is 10.1 Å². The summed E-state index contributed by atoms with van der Waals surface area (Å²) in [6.45, 7) is 8.86. The monoisotopic (exact) mass is 445 g/mol. The Morgan fingerprint density at radius 1 is 0.781 bits per heavy atom. The number of nitrogens with one attached hydrogen (secondary N) is 1. The minimum absolute atomic E-state index is 0.276. The highest BCUT2D eigenvalue weighted by Gasteiger charge is 2.25. The van der Waals surface area contributed by atoms with E-state index in [4.69, 9.17) is 21.1 Å². The van der Waals surface area contributed by atoms with Crippen LogP contribution in [0.1, 0.15) is 68.2 Å². The van der Waals surface area contributed by atoms with Gasteiger partial charge in [-0.15, -0.1) is 0 Å². The number of rotatable bonds is 7. The summed E-state index contributed by atoms with van der Waals surface area (Å²) in [5, 5.41) is 8.69. The Bertz CT molecular complexity index is 1140. The van der Waals surface area contributed by atoms with Gasteiger partial charge in [-0.25, -0.2) is 0 Å². The normalized spacial score (nSPS) is 12.3. The van der Waals surface area contributed by atoms with Crippen molar-refractivity contribution in [2.45, 2.75) is 45.6 Å². The SMILES string of the molecule is CC(C)c1cccc(C(C)C)c1NC(c1ccccc1)c1nc(-c2ccc(Cl)cc2)no1. The van der Waals surface area contributed by atoms with Gasteiger partial charge in [-0.05, 0) is 52.8 Å². The summed E-state index contributed by atoms with van der Waals surface area (Å²) in [6, 6.07) is 23.9. The molecule has 1 N–H and O–H groups in total. The topological polar surface area (TPSA) is 51.0 Å². The molecule has 0 bridgehead atoms. The molecule has 0 spiro atoms. The molecule has 1 heterocycles. The van der Waals surface area contributed by atoms with Gasteiger partial charge in [0.25, 0.3) is 5.89 Å². The van der Waals surface area contributed by atoms with Crippen LogP contribution >= 0.6 is 11.6 Å². The maximum absolute atomic E-state index is 6.03. The lowest BCUT2D eigenvalue weighted by Crippen LogP contribution is -2.16. The van der Waals surface area contributed by atoms with Crippen LogP contribution in [0.25, 0.3) is 11.4 Å². The average Bonchev–Trinajstić information content (AvgIpc) is 3.28. The molecule has 4 aromatic rings. The number of anilines is 1. The molecule has 0 aliphatic heterocycles. The van der Waals surface area contributed by atoms with Gasteiger partial charge in [-0.2, -0.15) is 4.98 Å². The molecule has 1 unspecified atom stereocenters. The molecular formula is C27H28ClN3O. The van der Waals surface area contributed by atoms with E-state index < -0.39 is 0 Å². The van der Waals surface area contributed by atoms with E-state index in [0.717, 1.165) is 16.8 Å². The smallest absolute Gasteiger partial charge is 0.254 e. The summed E-state index contributed by atoms with van der Waals surface area (Å²) in [4.78, 5) is 4.75. The first kappa shape index (κ1) is 22.1. The summed E-state index contributed by atoms with van der Waals surface area (Å²) >= 11 is 6.03. The molecule has 0 aliphatic carbocycles. The molecule has 32 heavy (non-hydrogen) atoms. The molecule has 164 valence electrons. The van der Waals surface area contributed by atoms with E-state index in [1.807, 2.05) is 42.5 Å². The van der Waals surface area contributed by atoms with Crippen LogP contribution in [0.2, 0.25) is 5.02 Å². The minimum atomic E-state index is -0.276. The summed E-state index contributed by atoms with van der Waals surface area (Å²) in [5.74, 6) is 1.81. The van der Waals surface area contributed by atoms with Gasteiger partial charge in [0.15, 0.2) is 0 Å². The second-order valence-electron chi connectivity index (χ2n) is 8.57. The zero-order chi connectivity index (χ0) is 22.7. The fraction of sp³-hybridized carbons (Fsp3) is 0.259. The Morgan fingerprint density at radius 3 is 2.00 bits per heavy atom. The third kappa shape index (κ3) is 4.71. The lowest BCUT2D eigenvalue weighted by molar-refractivity contribution is 0.372. The number of aromatic nitrogens is 2. The van der Waals surface area contributed by atoms with Crippen LogP contribution in [0, 0.1) is 0 Å². The van der Waals surface area contributed by atoms with Gasteiger partial charge < -0.3 is 9.84 Å². The highest BCUT2D eigenvalue weighted by atomic mass is 35.5. The van der Waals surface area contributed by atoms with Gasteiger partial charge in [0, 0.05) is 16.3 Å². The molecule has 5 heteroatoms. The lowest BCUT2D eigenvalue weighted by atomic mass is 9.91. The predicted octanol–water partition coefficient (Wildman–Crippen LogP) is 7.84. The second-order valence-corrected chi connectivity index (χ2v) is 9.01. The van der Waals surface area contributed by atoms with Crippen molar-refractivity contribution in [3.8, 4) is 11.4 Å². The van der Waals surface area contributed by atoms with E-state index in [1.165, 1.54) is 11.1 Å². The number of para-hydroxylation sites is 1. The van der Waals surface area contributed by atoms with Gasteiger partial charge in [-0.3, -0.25) is 0 Å². The third-order valence-electron chi connectivity index (χ3n) is 5.59. The fourth-order valence-corrected chi connectivity index (χ4v) is 3.99. The molecule has 4 rings (SSSR count). The van der Waals surface area contributed by atoms with Gasteiger partial charge in [0.2, 0.25) is 5.82 Å². The van der Waals surface area contributed by atoms with E-state index in [2.05, 4.69) is 68.5 Å². The zero-order valence-corrected chi connectivity index (χ0v) is 19.6. The molecule has 0 aliphatic rings. The lowest BCUT2D eigenvalue weighted by Gasteiger charge is -2.25. The van der Waals surface area contributed by atoms with Crippen molar-refractivity contribution in [2.75, 3.05) is 5.32 Å². The summed E-state index contributed by atoms with van der Waals surface area (Å²) in [5.41, 5.74) is 5.61. The molecular weight excluding hydrogens is 418 g/mol. The van der Waals surface area contributed by atoms with E-state index >= 15 is 0 Å². The van der Waals surface area contributed by atoms with Crippen LogP contribution in [0.5, 0.6) is 0 Å². The number of nitrogens with zero attached hydrogens (tertiary/aromatic N) is 2. The van der Waals surface area contributed by atoms with E-state index in [9.17, 15) is 0 Å². The van der Waals surface area contributed by atoms with Crippen molar-refractivity contribution in [3.05, 3.63) is 100 Å². The van der Waals surface area contributed by atoms with Crippen LogP contribution in [-0.4, -0.2) is 10.1 Å². The maximum Gasteiger partial charge on any atom is 0.254 e. The van der Waals surface area contributed by atoms with Crippen LogP contribution < -0.4 is 5.32 Å². The molecule has 4 nitrogen and oxygen atoms in total. The Morgan fingerprint density at radius 2 is 1.41 bits per heavy atom. The third-order valence-corrected chi connectivity index (χ3v) is 5.84. The van der Waals surface area contributed by atoms with E-state index in [0.29, 0.717) is 28.6 Å². The highest BCUT2D eigenvalue weighted by Crippen LogP contribution is 2.36. The standard InChI is InChI=1S/C27H28ClN3O/c1-17(2)22-11-8-12-23(18(3)4)25(22)29-24(19-9-6-5-7-10-19)27-30-26(31-32-27)20-13-15-21(28)16-14-20/h5-18,24,29H,1-4H3.